The molecule has 0 saturated heterocycles. The highest BCUT2D eigenvalue weighted by Gasteiger charge is 2.13. The molecule has 0 aliphatic rings. The molecule has 0 aliphatic carbocycles. The molecule has 0 bridgehead atoms. The lowest BCUT2D eigenvalue weighted by molar-refractivity contribution is -0.113. The zero-order valence-electron chi connectivity index (χ0n) is 12.1. The maximum absolute atomic E-state index is 12.0. The van der Waals surface area contributed by atoms with Crippen molar-refractivity contribution in [1.82, 2.24) is 14.9 Å². The molecule has 23 heavy (non-hydrogen) atoms. The molecule has 0 atom stereocenters. The lowest BCUT2D eigenvalue weighted by Crippen LogP contribution is -2.17. The van der Waals surface area contributed by atoms with Crippen molar-refractivity contribution in [3.05, 3.63) is 33.0 Å². The monoisotopic (exact) mass is 393 g/mol. The molecule has 124 valence electrons. The first kappa shape index (κ1) is 18.2. The molecule has 1 aromatic heterocycles. The van der Waals surface area contributed by atoms with Gasteiger partial charge in [0.15, 0.2) is 5.82 Å². The van der Waals surface area contributed by atoms with E-state index in [-0.39, 0.29) is 11.7 Å². The number of nitrogens with two attached hydrogens (primary N) is 1. The largest absolute Gasteiger partial charge is 0.336 e. The quantitative estimate of drug-likeness (QED) is 0.444. The fourth-order valence-corrected chi connectivity index (χ4v) is 3.00. The summed E-state index contributed by atoms with van der Waals surface area (Å²) in [6.07, 6.45) is 1.64. The van der Waals surface area contributed by atoms with Gasteiger partial charge in [-0.1, -0.05) is 53.5 Å². The van der Waals surface area contributed by atoms with Crippen LogP contribution < -0.4 is 11.2 Å². The van der Waals surface area contributed by atoms with E-state index < -0.39 is 0 Å². The van der Waals surface area contributed by atoms with Gasteiger partial charge in [-0.05, 0) is 18.6 Å². The number of hydrogen-bond acceptors (Lipinski definition) is 5. The Morgan fingerprint density at radius 1 is 1.26 bits per heavy atom. The second-order valence-electron chi connectivity index (χ2n) is 4.60. The lowest BCUT2D eigenvalue weighted by atomic mass is 10.3. The van der Waals surface area contributed by atoms with Crippen molar-refractivity contribution in [3.8, 4) is 0 Å². The molecular formula is C13H14Cl3N5OS. The summed E-state index contributed by atoms with van der Waals surface area (Å²) in [5.74, 6) is 6.40. The van der Waals surface area contributed by atoms with Gasteiger partial charge in [0.05, 0.1) is 26.5 Å². The summed E-state index contributed by atoms with van der Waals surface area (Å²) >= 11 is 19.0. The summed E-state index contributed by atoms with van der Waals surface area (Å²) in [5.41, 5.74) is 0.396. The van der Waals surface area contributed by atoms with Gasteiger partial charge in [0.2, 0.25) is 11.1 Å². The summed E-state index contributed by atoms with van der Waals surface area (Å²) < 4.78 is 1.40. The van der Waals surface area contributed by atoms with Gasteiger partial charge in [-0.15, -0.1) is 10.2 Å². The number of carbonyl (C=O) groups is 1. The van der Waals surface area contributed by atoms with Gasteiger partial charge in [-0.2, -0.15) is 0 Å². The Kier molecular flexibility index (Phi) is 6.41. The number of benzene rings is 1. The number of nitrogens with one attached hydrogen (secondary N) is 1. The van der Waals surface area contributed by atoms with Crippen molar-refractivity contribution in [2.24, 2.45) is 0 Å². The average Bonchev–Trinajstić information content (AvgIpc) is 2.84. The number of rotatable bonds is 6. The third-order valence-electron chi connectivity index (χ3n) is 2.83. The van der Waals surface area contributed by atoms with Crippen LogP contribution in [-0.4, -0.2) is 26.5 Å². The summed E-state index contributed by atoms with van der Waals surface area (Å²) in [6, 6.07) is 2.97. The van der Waals surface area contributed by atoms with Gasteiger partial charge in [0, 0.05) is 6.42 Å². The van der Waals surface area contributed by atoms with Crippen LogP contribution in [0.15, 0.2) is 17.3 Å². The maximum Gasteiger partial charge on any atom is 0.234 e. The third kappa shape index (κ3) is 4.67. The molecule has 2 aromatic rings. The van der Waals surface area contributed by atoms with Crippen molar-refractivity contribution < 1.29 is 4.79 Å². The van der Waals surface area contributed by atoms with Gasteiger partial charge >= 0.3 is 0 Å². The number of halogens is 3. The first-order valence-corrected chi connectivity index (χ1v) is 8.80. The first-order chi connectivity index (χ1) is 10.9. The van der Waals surface area contributed by atoms with E-state index in [2.05, 4.69) is 15.5 Å². The molecule has 0 spiro atoms. The number of aromatic nitrogens is 3. The minimum atomic E-state index is -0.268. The molecule has 6 nitrogen and oxygen atoms in total. The van der Waals surface area contributed by atoms with Crippen molar-refractivity contribution in [3.63, 3.8) is 0 Å². The van der Waals surface area contributed by atoms with E-state index in [0.717, 1.165) is 12.8 Å². The molecule has 0 fully saturated rings. The smallest absolute Gasteiger partial charge is 0.234 e. The van der Waals surface area contributed by atoms with E-state index in [1.807, 2.05) is 6.92 Å². The van der Waals surface area contributed by atoms with E-state index in [1.54, 1.807) is 0 Å². The Labute approximate surface area is 152 Å². The zero-order chi connectivity index (χ0) is 17.0. The molecule has 0 unspecified atom stereocenters. The number of nitrogen functional groups attached to an aromatic ring is 1. The summed E-state index contributed by atoms with van der Waals surface area (Å²) in [5, 5.41) is 12.0. The van der Waals surface area contributed by atoms with Crippen molar-refractivity contribution in [2.75, 3.05) is 16.9 Å². The molecule has 1 heterocycles. The van der Waals surface area contributed by atoms with Crippen LogP contribution in [0.5, 0.6) is 0 Å². The van der Waals surface area contributed by atoms with Crippen molar-refractivity contribution in [1.29, 1.82) is 0 Å². The summed E-state index contributed by atoms with van der Waals surface area (Å²) in [4.78, 5) is 12.0. The molecule has 10 heteroatoms. The molecule has 2 rings (SSSR count). The Balaban J connectivity index is 1.97. The molecule has 1 amide bonds. The summed E-state index contributed by atoms with van der Waals surface area (Å²) in [6.45, 7) is 2.02. The van der Waals surface area contributed by atoms with Crippen LogP contribution in [0.3, 0.4) is 0 Å². The number of hydrogen-bond donors (Lipinski definition) is 2. The molecule has 0 radical (unpaired) electrons. The standard InChI is InChI=1S/C13H14Cl3N5OS/c1-2-3-11-19-20-13(21(11)17)23-6-12(22)18-10-5-8(15)7(14)4-9(10)16/h4-5H,2-3,6,17H2,1H3,(H,18,22). The van der Waals surface area contributed by atoms with Crippen LogP contribution in [0, 0.1) is 0 Å². The molecule has 0 saturated carbocycles. The van der Waals surface area contributed by atoms with Crippen LogP contribution in [0.25, 0.3) is 0 Å². The van der Waals surface area contributed by atoms with Crippen molar-refractivity contribution in [2.45, 2.75) is 24.9 Å². The number of anilines is 1. The van der Waals surface area contributed by atoms with Crippen LogP contribution >= 0.6 is 46.6 Å². The van der Waals surface area contributed by atoms with Gasteiger partial charge in [0.1, 0.15) is 0 Å². The van der Waals surface area contributed by atoms with Crippen LogP contribution in [0.1, 0.15) is 19.2 Å². The van der Waals surface area contributed by atoms with Gasteiger partial charge in [-0.3, -0.25) is 4.79 Å². The predicted octanol–water partition coefficient (Wildman–Crippen LogP) is 3.64. The van der Waals surface area contributed by atoms with Crippen LogP contribution in [-0.2, 0) is 11.2 Å². The van der Waals surface area contributed by atoms with Gasteiger partial charge < -0.3 is 11.2 Å². The minimum absolute atomic E-state index is 0.109. The molecule has 0 aliphatic heterocycles. The van der Waals surface area contributed by atoms with Crippen molar-refractivity contribution >= 4 is 58.2 Å². The zero-order valence-corrected chi connectivity index (χ0v) is 15.2. The highest BCUT2D eigenvalue weighted by atomic mass is 35.5. The second-order valence-corrected chi connectivity index (χ2v) is 6.77. The molecular weight excluding hydrogens is 381 g/mol. The number of amides is 1. The van der Waals surface area contributed by atoms with E-state index in [1.165, 1.54) is 28.6 Å². The third-order valence-corrected chi connectivity index (χ3v) is 4.80. The Hall–Kier alpha value is -1.15. The number of carbonyl (C=O) groups excluding carboxylic acids is 1. The van der Waals surface area contributed by atoms with E-state index >= 15 is 0 Å². The molecule has 1 aromatic carbocycles. The fraction of sp³-hybridized carbons (Fsp3) is 0.308. The maximum atomic E-state index is 12.0. The van der Waals surface area contributed by atoms with Crippen LogP contribution in [0.2, 0.25) is 15.1 Å². The Morgan fingerprint density at radius 2 is 1.96 bits per heavy atom. The fourth-order valence-electron chi connectivity index (χ4n) is 1.73. The number of nitrogens with zero attached hydrogens (tertiary/aromatic N) is 3. The topological polar surface area (TPSA) is 85.8 Å². The highest BCUT2D eigenvalue weighted by molar-refractivity contribution is 7.99. The number of aryl methyl sites for hydroxylation is 1. The first-order valence-electron chi connectivity index (χ1n) is 6.69. The Bertz CT molecular complexity index is 722. The Morgan fingerprint density at radius 3 is 2.65 bits per heavy atom. The number of thioether (sulfide) groups is 1. The lowest BCUT2D eigenvalue weighted by Gasteiger charge is -2.08. The normalized spacial score (nSPS) is 10.8. The average molecular weight is 395 g/mol. The summed E-state index contributed by atoms with van der Waals surface area (Å²) in [7, 11) is 0. The van der Waals surface area contributed by atoms with Crippen LogP contribution in [0.4, 0.5) is 5.69 Å². The van der Waals surface area contributed by atoms with E-state index in [9.17, 15) is 4.79 Å². The predicted molar refractivity (Wildman–Crippen MR) is 95.0 cm³/mol. The SMILES string of the molecule is CCCc1nnc(SCC(=O)Nc2cc(Cl)c(Cl)cc2Cl)n1N. The van der Waals surface area contributed by atoms with Gasteiger partial charge in [0.25, 0.3) is 0 Å². The highest BCUT2D eigenvalue weighted by Crippen LogP contribution is 2.32. The van der Waals surface area contributed by atoms with E-state index in [0.29, 0.717) is 31.7 Å². The minimum Gasteiger partial charge on any atom is -0.336 e. The van der Waals surface area contributed by atoms with E-state index in [4.69, 9.17) is 40.6 Å². The van der Waals surface area contributed by atoms with Gasteiger partial charge in [-0.25, -0.2) is 4.68 Å². The second kappa shape index (κ2) is 8.10. The molecule has 3 N–H and O–H groups in total.